The summed E-state index contributed by atoms with van der Waals surface area (Å²) in [5.74, 6) is 0.277. The number of unbranched alkanes of at least 4 members (excludes halogenated alkanes) is 1. The van der Waals surface area contributed by atoms with Crippen molar-refractivity contribution in [3.8, 4) is 11.8 Å². The van der Waals surface area contributed by atoms with Crippen molar-refractivity contribution < 1.29 is 9.53 Å². The van der Waals surface area contributed by atoms with Crippen LogP contribution in [0.15, 0.2) is 54.2 Å². The SMILES string of the molecule is CCCCOc1ccc(C=C(C#N)C(=O)Nc2ncc(Cc3ccc(C)c(Cl)c3)s2)cc1. The van der Waals surface area contributed by atoms with Crippen LogP contribution in [0.3, 0.4) is 0 Å². The quantitative estimate of drug-likeness (QED) is 0.225. The number of hydrogen-bond donors (Lipinski definition) is 1. The number of carbonyl (C=O) groups excluding carboxylic acids is 1. The number of nitrogens with one attached hydrogen (secondary N) is 1. The Balaban J connectivity index is 1.62. The highest BCUT2D eigenvalue weighted by atomic mass is 35.5. The first-order chi connectivity index (χ1) is 15.5. The van der Waals surface area contributed by atoms with Crippen LogP contribution in [0.4, 0.5) is 5.13 Å². The highest BCUT2D eigenvalue weighted by molar-refractivity contribution is 7.15. The number of halogens is 1. The van der Waals surface area contributed by atoms with Gasteiger partial charge in [-0.25, -0.2) is 4.98 Å². The molecular formula is C25H24ClN3O2S. The molecule has 0 saturated carbocycles. The summed E-state index contributed by atoms with van der Waals surface area (Å²) in [6.45, 7) is 4.74. The minimum Gasteiger partial charge on any atom is -0.494 e. The van der Waals surface area contributed by atoms with Gasteiger partial charge in [-0.1, -0.05) is 49.2 Å². The Morgan fingerprint density at radius 3 is 2.75 bits per heavy atom. The zero-order valence-electron chi connectivity index (χ0n) is 18.0. The number of hydrogen-bond acceptors (Lipinski definition) is 5. The second-order valence-electron chi connectivity index (χ2n) is 7.29. The van der Waals surface area contributed by atoms with Gasteiger partial charge in [0.25, 0.3) is 5.91 Å². The molecule has 0 fully saturated rings. The first-order valence-corrected chi connectivity index (χ1v) is 11.5. The standard InChI is InChI=1S/C25H24ClN3O2S/c1-3-4-11-31-21-9-7-18(8-10-21)12-20(15-27)24(30)29-25-28-16-22(32-25)13-19-6-5-17(2)23(26)14-19/h5-10,12,14,16H,3-4,11,13H2,1-2H3,(H,28,29,30). The second kappa shape index (κ2) is 11.5. The van der Waals surface area contributed by atoms with Gasteiger partial charge in [-0.2, -0.15) is 5.26 Å². The molecule has 1 amide bonds. The van der Waals surface area contributed by atoms with Crippen LogP contribution in [0.5, 0.6) is 5.75 Å². The maximum Gasteiger partial charge on any atom is 0.268 e. The fourth-order valence-corrected chi connectivity index (χ4v) is 3.91. The van der Waals surface area contributed by atoms with Crippen molar-refractivity contribution in [2.45, 2.75) is 33.1 Å². The van der Waals surface area contributed by atoms with E-state index in [9.17, 15) is 10.1 Å². The molecule has 1 N–H and O–H groups in total. The largest absolute Gasteiger partial charge is 0.494 e. The summed E-state index contributed by atoms with van der Waals surface area (Å²) in [6, 6.07) is 15.2. The first kappa shape index (κ1) is 23.5. The monoisotopic (exact) mass is 465 g/mol. The molecule has 3 rings (SSSR count). The van der Waals surface area contributed by atoms with Crippen molar-refractivity contribution in [3.05, 3.63) is 80.8 Å². The molecule has 32 heavy (non-hydrogen) atoms. The van der Waals surface area contributed by atoms with E-state index in [1.165, 1.54) is 11.3 Å². The summed E-state index contributed by atoms with van der Waals surface area (Å²) in [4.78, 5) is 17.8. The van der Waals surface area contributed by atoms with Gasteiger partial charge in [0.1, 0.15) is 17.4 Å². The van der Waals surface area contributed by atoms with Crippen LogP contribution < -0.4 is 10.1 Å². The van der Waals surface area contributed by atoms with Gasteiger partial charge < -0.3 is 4.74 Å². The molecule has 1 aromatic heterocycles. The normalized spacial score (nSPS) is 11.1. The number of nitriles is 1. The van der Waals surface area contributed by atoms with E-state index in [0.29, 0.717) is 18.2 Å². The third-order valence-corrected chi connectivity index (χ3v) is 6.03. The van der Waals surface area contributed by atoms with Gasteiger partial charge in [-0.15, -0.1) is 11.3 Å². The molecule has 0 aliphatic carbocycles. The van der Waals surface area contributed by atoms with E-state index in [1.54, 1.807) is 12.3 Å². The zero-order valence-corrected chi connectivity index (χ0v) is 19.6. The van der Waals surface area contributed by atoms with E-state index in [0.717, 1.165) is 45.2 Å². The molecule has 5 nitrogen and oxygen atoms in total. The lowest BCUT2D eigenvalue weighted by Crippen LogP contribution is -2.13. The number of carbonyl (C=O) groups is 1. The van der Waals surface area contributed by atoms with Crippen LogP contribution in [-0.4, -0.2) is 17.5 Å². The summed E-state index contributed by atoms with van der Waals surface area (Å²) in [7, 11) is 0. The van der Waals surface area contributed by atoms with Crippen LogP contribution in [0.25, 0.3) is 6.08 Å². The number of thiazole rings is 1. The number of rotatable bonds is 9. The number of nitrogens with zero attached hydrogens (tertiary/aromatic N) is 2. The number of aromatic nitrogens is 1. The highest BCUT2D eigenvalue weighted by Crippen LogP contribution is 2.24. The Morgan fingerprint density at radius 2 is 2.06 bits per heavy atom. The van der Waals surface area contributed by atoms with Crippen molar-refractivity contribution in [2.75, 3.05) is 11.9 Å². The van der Waals surface area contributed by atoms with E-state index in [4.69, 9.17) is 16.3 Å². The molecule has 0 aliphatic rings. The molecule has 3 aromatic rings. The van der Waals surface area contributed by atoms with Gasteiger partial charge in [0.2, 0.25) is 0 Å². The summed E-state index contributed by atoms with van der Waals surface area (Å²) in [5.41, 5.74) is 2.85. The van der Waals surface area contributed by atoms with Crippen LogP contribution in [0.2, 0.25) is 5.02 Å². The second-order valence-corrected chi connectivity index (χ2v) is 8.81. The molecule has 2 aromatic carbocycles. The number of anilines is 1. The molecule has 0 saturated heterocycles. The van der Waals surface area contributed by atoms with E-state index in [-0.39, 0.29) is 5.57 Å². The Kier molecular flexibility index (Phi) is 8.43. The van der Waals surface area contributed by atoms with E-state index in [2.05, 4.69) is 17.2 Å². The molecule has 164 valence electrons. The lowest BCUT2D eigenvalue weighted by molar-refractivity contribution is -0.112. The summed E-state index contributed by atoms with van der Waals surface area (Å²) < 4.78 is 5.64. The van der Waals surface area contributed by atoms with E-state index in [1.807, 2.05) is 55.5 Å². The van der Waals surface area contributed by atoms with Crippen LogP contribution in [0.1, 0.15) is 41.3 Å². The minimum absolute atomic E-state index is 0.00622. The molecule has 7 heteroatoms. The summed E-state index contributed by atoms with van der Waals surface area (Å²) in [6.07, 6.45) is 6.01. The number of aryl methyl sites for hydroxylation is 1. The third-order valence-electron chi connectivity index (χ3n) is 4.71. The van der Waals surface area contributed by atoms with Crippen molar-refractivity contribution in [3.63, 3.8) is 0 Å². The first-order valence-electron chi connectivity index (χ1n) is 10.3. The maximum atomic E-state index is 12.6. The lowest BCUT2D eigenvalue weighted by Gasteiger charge is -2.05. The van der Waals surface area contributed by atoms with Crippen LogP contribution in [-0.2, 0) is 11.2 Å². The van der Waals surface area contributed by atoms with E-state index >= 15 is 0 Å². The van der Waals surface area contributed by atoms with Gasteiger partial charge in [0.05, 0.1) is 6.61 Å². The van der Waals surface area contributed by atoms with Gasteiger partial charge in [0.15, 0.2) is 5.13 Å². The van der Waals surface area contributed by atoms with Crippen LogP contribution >= 0.6 is 22.9 Å². The molecule has 0 aliphatic heterocycles. The molecule has 0 spiro atoms. The predicted molar refractivity (Wildman–Crippen MR) is 130 cm³/mol. The Bertz CT molecular complexity index is 1150. The van der Waals surface area contributed by atoms with Crippen LogP contribution in [0, 0.1) is 18.3 Å². The number of benzene rings is 2. The molecule has 0 radical (unpaired) electrons. The lowest BCUT2D eigenvalue weighted by atomic mass is 10.1. The molecule has 0 unspecified atom stereocenters. The highest BCUT2D eigenvalue weighted by Gasteiger charge is 2.12. The third kappa shape index (κ3) is 6.68. The average Bonchev–Trinajstić information content (AvgIpc) is 3.22. The number of amides is 1. The zero-order chi connectivity index (χ0) is 22.9. The topological polar surface area (TPSA) is 75.0 Å². The van der Waals surface area contributed by atoms with E-state index < -0.39 is 5.91 Å². The Hall–Kier alpha value is -3.14. The van der Waals surface area contributed by atoms with Crippen molar-refractivity contribution in [1.82, 2.24) is 4.98 Å². The van der Waals surface area contributed by atoms with Gasteiger partial charge in [-0.05, 0) is 54.3 Å². The summed E-state index contributed by atoms with van der Waals surface area (Å²) in [5, 5.41) is 13.3. The molecule has 1 heterocycles. The Labute approximate surface area is 197 Å². The average molecular weight is 466 g/mol. The Morgan fingerprint density at radius 1 is 1.28 bits per heavy atom. The van der Waals surface area contributed by atoms with Crippen molar-refractivity contribution in [1.29, 1.82) is 5.26 Å². The summed E-state index contributed by atoms with van der Waals surface area (Å²) >= 11 is 7.57. The molecular weight excluding hydrogens is 442 g/mol. The molecule has 0 bridgehead atoms. The molecule has 0 atom stereocenters. The van der Waals surface area contributed by atoms with Crippen molar-refractivity contribution in [2.24, 2.45) is 0 Å². The smallest absolute Gasteiger partial charge is 0.268 e. The van der Waals surface area contributed by atoms with Gasteiger partial charge >= 0.3 is 0 Å². The number of ether oxygens (including phenoxy) is 1. The predicted octanol–water partition coefficient (Wildman–Crippen LogP) is 6.42. The maximum absolute atomic E-state index is 12.6. The van der Waals surface area contributed by atoms with Gasteiger partial charge in [0, 0.05) is 22.5 Å². The van der Waals surface area contributed by atoms with Crippen molar-refractivity contribution >= 4 is 40.1 Å². The minimum atomic E-state index is -0.491. The fraction of sp³-hybridized carbons (Fsp3) is 0.240. The fourth-order valence-electron chi connectivity index (χ4n) is 2.87. The van der Waals surface area contributed by atoms with Gasteiger partial charge in [-0.3, -0.25) is 10.1 Å².